The molecular formula is C22H32N2O4. The average molecular weight is 389 g/mol. The van der Waals surface area contributed by atoms with Crippen molar-refractivity contribution in [1.82, 2.24) is 10.2 Å². The number of carbonyl (C=O) groups excluding carboxylic acids is 2. The van der Waals surface area contributed by atoms with Gasteiger partial charge in [0, 0.05) is 31.3 Å². The van der Waals surface area contributed by atoms with Crippen LogP contribution in [0.5, 0.6) is 11.5 Å². The normalized spacial score (nSPS) is 15.5. The highest BCUT2D eigenvalue weighted by atomic mass is 16.5. The van der Waals surface area contributed by atoms with E-state index in [1.54, 1.807) is 38.5 Å². The molecule has 0 atom stereocenters. The number of ether oxygens (including phenoxy) is 2. The monoisotopic (exact) mass is 388 g/mol. The number of carbonyl (C=O) groups is 2. The Labute approximate surface area is 167 Å². The molecule has 154 valence electrons. The summed E-state index contributed by atoms with van der Waals surface area (Å²) in [5.41, 5.74) is 1.67. The van der Waals surface area contributed by atoms with E-state index < -0.39 is 0 Å². The van der Waals surface area contributed by atoms with Gasteiger partial charge in [-0.15, -0.1) is 0 Å². The number of nitrogens with zero attached hydrogens (tertiary/aromatic N) is 1. The predicted molar refractivity (Wildman–Crippen MR) is 110 cm³/mol. The lowest BCUT2D eigenvalue weighted by molar-refractivity contribution is -0.116. The molecule has 0 aliphatic carbocycles. The number of hydrogen-bond donors (Lipinski definition) is 1. The second kappa shape index (κ2) is 10.2. The van der Waals surface area contributed by atoms with Gasteiger partial charge in [-0.05, 0) is 49.8 Å². The minimum absolute atomic E-state index is 0.000991. The second-order valence-corrected chi connectivity index (χ2v) is 7.59. The maximum atomic E-state index is 12.8. The van der Waals surface area contributed by atoms with Crippen LogP contribution in [0.3, 0.4) is 0 Å². The first-order valence-electron chi connectivity index (χ1n) is 9.83. The molecule has 6 heteroatoms. The molecule has 1 aromatic rings. The fraction of sp³-hybridized carbons (Fsp3) is 0.545. The lowest BCUT2D eigenvalue weighted by Gasteiger charge is -2.32. The van der Waals surface area contributed by atoms with Gasteiger partial charge in [-0.25, -0.2) is 0 Å². The topological polar surface area (TPSA) is 67.9 Å². The van der Waals surface area contributed by atoms with Crippen molar-refractivity contribution in [2.75, 3.05) is 33.9 Å². The molecule has 0 spiro atoms. The lowest BCUT2D eigenvalue weighted by Crippen LogP contribution is -2.41. The Morgan fingerprint density at radius 2 is 1.82 bits per heavy atom. The first-order valence-corrected chi connectivity index (χ1v) is 9.83. The minimum atomic E-state index is -0.0324. The number of methoxy groups -OCH3 is 2. The number of hydrogen-bond acceptors (Lipinski definition) is 4. The van der Waals surface area contributed by atoms with Crippen LogP contribution >= 0.6 is 0 Å². The molecular weight excluding hydrogens is 356 g/mol. The van der Waals surface area contributed by atoms with E-state index in [0.717, 1.165) is 18.4 Å². The van der Waals surface area contributed by atoms with E-state index in [9.17, 15) is 9.59 Å². The molecule has 2 rings (SSSR count). The predicted octanol–water partition coefficient (Wildman–Crippen LogP) is 3.27. The molecule has 1 aliphatic rings. The summed E-state index contributed by atoms with van der Waals surface area (Å²) in [7, 11) is 3.13. The zero-order valence-electron chi connectivity index (χ0n) is 17.6. The third-order valence-corrected chi connectivity index (χ3v) is 5.37. The van der Waals surface area contributed by atoms with Crippen LogP contribution in [-0.4, -0.2) is 50.6 Å². The number of rotatable bonds is 7. The summed E-state index contributed by atoms with van der Waals surface area (Å²) in [6, 6.07) is 5.23. The highest BCUT2D eigenvalue weighted by molar-refractivity contribution is 5.95. The third-order valence-electron chi connectivity index (χ3n) is 5.37. The van der Waals surface area contributed by atoms with E-state index in [2.05, 4.69) is 19.2 Å². The van der Waals surface area contributed by atoms with Gasteiger partial charge in [0.1, 0.15) is 0 Å². The molecule has 1 aliphatic heterocycles. The largest absolute Gasteiger partial charge is 0.493 e. The summed E-state index contributed by atoms with van der Waals surface area (Å²) < 4.78 is 10.5. The fourth-order valence-electron chi connectivity index (χ4n) is 3.16. The molecule has 1 aromatic carbocycles. The van der Waals surface area contributed by atoms with Crippen LogP contribution in [0.15, 0.2) is 29.8 Å². The number of benzene rings is 1. The fourth-order valence-corrected chi connectivity index (χ4v) is 3.16. The Morgan fingerprint density at radius 1 is 1.18 bits per heavy atom. The smallest absolute Gasteiger partial charge is 0.253 e. The Kier molecular flexibility index (Phi) is 7.91. The van der Waals surface area contributed by atoms with Crippen molar-refractivity contribution in [3.8, 4) is 11.5 Å². The zero-order chi connectivity index (χ0) is 20.7. The number of likely N-dealkylation sites (tertiary alicyclic amines) is 1. The van der Waals surface area contributed by atoms with Crippen molar-refractivity contribution in [2.24, 2.45) is 11.8 Å². The SMILES string of the molecule is COc1ccc(C(=O)N2CCC(CNC(=O)/C=C(\C)C(C)C)CC2)cc1OC. The van der Waals surface area contributed by atoms with E-state index in [4.69, 9.17) is 9.47 Å². The van der Waals surface area contributed by atoms with Gasteiger partial charge in [-0.3, -0.25) is 9.59 Å². The molecule has 1 fully saturated rings. The average Bonchev–Trinajstić information content (AvgIpc) is 2.71. The molecule has 0 radical (unpaired) electrons. The molecule has 0 unspecified atom stereocenters. The van der Waals surface area contributed by atoms with Gasteiger partial charge in [0.15, 0.2) is 11.5 Å². The van der Waals surface area contributed by atoms with E-state index in [1.165, 1.54) is 0 Å². The molecule has 2 amide bonds. The maximum Gasteiger partial charge on any atom is 0.253 e. The van der Waals surface area contributed by atoms with Crippen molar-refractivity contribution in [3.05, 3.63) is 35.4 Å². The van der Waals surface area contributed by atoms with Crippen LogP contribution in [0.1, 0.15) is 44.0 Å². The summed E-state index contributed by atoms with van der Waals surface area (Å²) in [6.07, 6.45) is 3.44. The van der Waals surface area contributed by atoms with Crippen molar-refractivity contribution in [2.45, 2.75) is 33.6 Å². The van der Waals surface area contributed by atoms with E-state index >= 15 is 0 Å². The van der Waals surface area contributed by atoms with Crippen LogP contribution in [-0.2, 0) is 4.79 Å². The number of amides is 2. The van der Waals surface area contributed by atoms with Gasteiger partial charge < -0.3 is 19.7 Å². The standard InChI is InChI=1S/C22H32N2O4/c1-15(2)16(3)12-21(25)23-14-17-8-10-24(11-9-17)22(26)18-6-7-19(27-4)20(13-18)28-5/h6-7,12-13,15,17H,8-11,14H2,1-5H3,(H,23,25)/b16-12+. The van der Waals surface area contributed by atoms with Crippen molar-refractivity contribution in [3.63, 3.8) is 0 Å². The quantitative estimate of drug-likeness (QED) is 0.728. The van der Waals surface area contributed by atoms with Gasteiger partial charge in [0.25, 0.3) is 5.91 Å². The minimum Gasteiger partial charge on any atom is -0.493 e. The molecule has 28 heavy (non-hydrogen) atoms. The first kappa shape index (κ1) is 21.8. The highest BCUT2D eigenvalue weighted by Crippen LogP contribution is 2.28. The van der Waals surface area contributed by atoms with Gasteiger partial charge in [0.2, 0.25) is 5.91 Å². The van der Waals surface area contributed by atoms with E-state index in [-0.39, 0.29) is 11.8 Å². The van der Waals surface area contributed by atoms with Gasteiger partial charge >= 0.3 is 0 Å². The van der Waals surface area contributed by atoms with Crippen LogP contribution in [0, 0.1) is 11.8 Å². The summed E-state index contributed by atoms with van der Waals surface area (Å²) in [5, 5.41) is 2.99. The number of piperidine rings is 1. The molecule has 1 saturated heterocycles. The zero-order valence-corrected chi connectivity index (χ0v) is 17.6. The van der Waals surface area contributed by atoms with E-state index in [0.29, 0.717) is 48.5 Å². The Balaban J connectivity index is 1.86. The summed E-state index contributed by atoms with van der Waals surface area (Å²) in [6.45, 7) is 8.15. The van der Waals surface area contributed by atoms with Gasteiger partial charge in [-0.2, -0.15) is 0 Å². The molecule has 1 heterocycles. The maximum absolute atomic E-state index is 12.8. The Bertz CT molecular complexity index is 719. The van der Waals surface area contributed by atoms with Gasteiger partial charge in [0.05, 0.1) is 14.2 Å². The molecule has 0 aromatic heterocycles. The molecule has 6 nitrogen and oxygen atoms in total. The Hall–Kier alpha value is -2.50. The van der Waals surface area contributed by atoms with Crippen molar-refractivity contribution < 1.29 is 19.1 Å². The number of allylic oxidation sites excluding steroid dienone is 1. The van der Waals surface area contributed by atoms with Crippen LogP contribution in [0.4, 0.5) is 0 Å². The molecule has 1 N–H and O–H groups in total. The van der Waals surface area contributed by atoms with Crippen LogP contribution in [0.2, 0.25) is 0 Å². The van der Waals surface area contributed by atoms with Crippen LogP contribution < -0.4 is 14.8 Å². The summed E-state index contributed by atoms with van der Waals surface area (Å²) in [5.74, 6) is 1.89. The third kappa shape index (κ3) is 5.75. The van der Waals surface area contributed by atoms with E-state index in [1.807, 2.05) is 11.8 Å². The summed E-state index contributed by atoms with van der Waals surface area (Å²) >= 11 is 0. The van der Waals surface area contributed by atoms with Crippen LogP contribution in [0.25, 0.3) is 0 Å². The molecule has 0 bridgehead atoms. The number of nitrogens with one attached hydrogen (secondary N) is 1. The molecule has 0 saturated carbocycles. The lowest BCUT2D eigenvalue weighted by atomic mass is 9.96. The van der Waals surface area contributed by atoms with Crippen molar-refractivity contribution >= 4 is 11.8 Å². The van der Waals surface area contributed by atoms with Crippen molar-refractivity contribution in [1.29, 1.82) is 0 Å². The first-order chi connectivity index (χ1) is 13.3. The summed E-state index contributed by atoms with van der Waals surface area (Å²) in [4.78, 5) is 26.6. The Morgan fingerprint density at radius 3 is 2.39 bits per heavy atom. The highest BCUT2D eigenvalue weighted by Gasteiger charge is 2.24. The van der Waals surface area contributed by atoms with Gasteiger partial charge in [-0.1, -0.05) is 19.4 Å². The second-order valence-electron chi connectivity index (χ2n) is 7.59.